The number of hydrogen-bond acceptors (Lipinski definition) is 5. The fourth-order valence-corrected chi connectivity index (χ4v) is 2.60. The molecule has 1 aromatic heterocycles. The van der Waals surface area contributed by atoms with E-state index < -0.39 is 24.1 Å². The molecule has 0 fully saturated rings. The summed E-state index contributed by atoms with van der Waals surface area (Å²) in [7, 11) is 0. The molecule has 0 saturated heterocycles. The second kappa shape index (κ2) is 7.23. The van der Waals surface area contributed by atoms with Crippen LogP contribution in [-0.2, 0) is 9.53 Å². The molecule has 6 nitrogen and oxygen atoms in total. The van der Waals surface area contributed by atoms with Gasteiger partial charge in [-0.2, -0.15) is 0 Å². The van der Waals surface area contributed by atoms with Gasteiger partial charge in [-0.3, -0.25) is 4.79 Å². The number of carbonyl (C=O) groups is 2. The van der Waals surface area contributed by atoms with Crippen LogP contribution in [-0.4, -0.2) is 18.5 Å². The molecule has 1 N–H and O–H groups in total. The highest BCUT2D eigenvalue weighted by molar-refractivity contribution is 5.97. The summed E-state index contributed by atoms with van der Waals surface area (Å²) in [6.45, 7) is 3.24. The average Bonchev–Trinajstić information content (AvgIpc) is 2.62. The molecule has 2 aromatic carbocycles. The molecule has 0 aliphatic carbocycles. The van der Waals surface area contributed by atoms with E-state index in [0.717, 1.165) is 11.1 Å². The number of para-hydroxylation sites is 2. The standard InChI is InChI=1S/C20H17NO5/c1-12-6-5-7-13(2)18(12)21-17(22)11-25-19(23)15-10-14-8-3-4-9-16(14)26-20(15)24/h3-10H,11H2,1-2H3,(H,21,22). The van der Waals surface area contributed by atoms with Gasteiger partial charge in [-0.1, -0.05) is 36.4 Å². The molecule has 0 saturated carbocycles. The number of fused-ring (bicyclic) bond motifs is 1. The summed E-state index contributed by atoms with van der Waals surface area (Å²) in [6, 6.07) is 13.8. The summed E-state index contributed by atoms with van der Waals surface area (Å²) in [4.78, 5) is 36.1. The van der Waals surface area contributed by atoms with Gasteiger partial charge in [-0.05, 0) is 37.1 Å². The lowest BCUT2D eigenvalue weighted by atomic mass is 10.1. The van der Waals surface area contributed by atoms with Gasteiger partial charge in [0.2, 0.25) is 0 Å². The Labute approximate surface area is 149 Å². The molecule has 1 heterocycles. The Bertz CT molecular complexity index is 1030. The van der Waals surface area contributed by atoms with Crippen LogP contribution in [0, 0.1) is 13.8 Å². The maximum absolute atomic E-state index is 12.1. The predicted molar refractivity (Wildman–Crippen MR) is 97.3 cm³/mol. The monoisotopic (exact) mass is 351 g/mol. The first-order valence-corrected chi connectivity index (χ1v) is 8.02. The number of benzene rings is 2. The van der Waals surface area contributed by atoms with Gasteiger partial charge < -0.3 is 14.5 Å². The van der Waals surface area contributed by atoms with E-state index >= 15 is 0 Å². The van der Waals surface area contributed by atoms with E-state index in [4.69, 9.17) is 9.15 Å². The number of nitrogens with one attached hydrogen (secondary N) is 1. The third kappa shape index (κ3) is 3.64. The van der Waals surface area contributed by atoms with Crippen molar-refractivity contribution in [2.24, 2.45) is 0 Å². The average molecular weight is 351 g/mol. The van der Waals surface area contributed by atoms with Crippen molar-refractivity contribution in [3.05, 3.63) is 75.6 Å². The van der Waals surface area contributed by atoms with Gasteiger partial charge in [0.25, 0.3) is 5.91 Å². The Kier molecular flexibility index (Phi) is 4.84. The van der Waals surface area contributed by atoms with Gasteiger partial charge >= 0.3 is 11.6 Å². The van der Waals surface area contributed by atoms with Gasteiger partial charge in [-0.15, -0.1) is 0 Å². The number of esters is 1. The van der Waals surface area contributed by atoms with E-state index in [0.29, 0.717) is 16.7 Å². The minimum Gasteiger partial charge on any atom is -0.452 e. The lowest BCUT2D eigenvalue weighted by Gasteiger charge is -2.11. The van der Waals surface area contributed by atoms with Crippen LogP contribution in [0.5, 0.6) is 0 Å². The molecule has 0 unspecified atom stereocenters. The summed E-state index contributed by atoms with van der Waals surface area (Å²) in [5.41, 5.74) is 1.81. The Morgan fingerprint density at radius 2 is 1.73 bits per heavy atom. The van der Waals surface area contributed by atoms with Crippen LogP contribution < -0.4 is 10.9 Å². The van der Waals surface area contributed by atoms with Crippen molar-refractivity contribution in [3.63, 3.8) is 0 Å². The maximum Gasteiger partial charge on any atom is 0.351 e. The van der Waals surface area contributed by atoms with Crippen molar-refractivity contribution >= 4 is 28.5 Å². The van der Waals surface area contributed by atoms with E-state index in [1.54, 1.807) is 24.3 Å². The third-order valence-electron chi connectivity index (χ3n) is 3.94. The highest BCUT2D eigenvalue weighted by Gasteiger charge is 2.17. The molecule has 26 heavy (non-hydrogen) atoms. The SMILES string of the molecule is Cc1cccc(C)c1NC(=O)COC(=O)c1cc2ccccc2oc1=O. The zero-order chi connectivity index (χ0) is 18.7. The molecule has 3 rings (SSSR count). The van der Waals surface area contributed by atoms with Crippen molar-refractivity contribution in [1.82, 2.24) is 0 Å². The Morgan fingerprint density at radius 3 is 2.46 bits per heavy atom. The molecule has 0 bridgehead atoms. The van der Waals surface area contributed by atoms with Crippen LogP contribution in [0.25, 0.3) is 11.0 Å². The van der Waals surface area contributed by atoms with E-state index in [9.17, 15) is 14.4 Å². The van der Waals surface area contributed by atoms with Crippen molar-refractivity contribution in [2.45, 2.75) is 13.8 Å². The summed E-state index contributed by atoms with van der Waals surface area (Å²) in [5.74, 6) is -1.39. The summed E-state index contributed by atoms with van der Waals surface area (Å²) in [6.07, 6.45) is 0. The Balaban J connectivity index is 1.70. The van der Waals surface area contributed by atoms with Crippen molar-refractivity contribution in [1.29, 1.82) is 0 Å². The molecule has 0 atom stereocenters. The number of aryl methyl sites for hydroxylation is 2. The minimum atomic E-state index is -0.902. The minimum absolute atomic E-state index is 0.247. The van der Waals surface area contributed by atoms with Gasteiger partial charge in [0.1, 0.15) is 11.1 Å². The van der Waals surface area contributed by atoms with Gasteiger partial charge in [0.05, 0.1) is 0 Å². The number of anilines is 1. The number of hydrogen-bond donors (Lipinski definition) is 1. The van der Waals surface area contributed by atoms with Crippen molar-refractivity contribution in [2.75, 3.05) is 11.9 Å². The number of amides is 1. The van der Waals surface area contributed by atoms with Crippen molar-refractivity contribution < 1.29 is 18.7 Å². The molecule has 6 heteroatoms. The second-order valence-electron chi connectivity index (χ2n) is 5.88. The number of ether oxygens (including phenoxy) is 1. The molecule has 132 valence electrons. The topological polar surface area (TPSA) is 85.6 Å². The first-order valence-electron chi connectivity index (χ1n) is 8.02. The first-order chi connectivity index (χ1) is 12.5. The second-order valence-corrected chi connectivity index (χ2v) is 5.88. The van der Waals surface area contributed by atoms with E-state index in [1.165, 1.54) is 6.07 Å². The highest BCUT2D eigenvalue weighted by atomic mass is 16.5. The molecular formula is C20H17NO5. The Hall–Kier alpha value is -3.41. The molecular weight excluding hydrogens is 334 g/mol. The van der Waals surface area contributed by atoms with E-state index in [2.05, 4.69) is 5.32 Å². The highest BCUT2D eigenvalue weighted by Crippen LogP contribution is 2.19. The van der Waals surface area contributed by atoms with Crippen LogP contribution in [0.2, 0.25) is 0 Å². The predicted octanol–water partition coefficient (Wildman–Crippen LogP) is 3.21. The molecule has 1 amide bonds. The van der Waals surface area contributed by atoms with Crippen LogP contribution in [0.15, 0.2) is 57.7 Å². The third-order valence-corrected chi connectivity index (χ3v) is 3.94. The largest absolute Gasteiger partial charge is 0.452 e. The molecule has 0 aliphatic rings. The first kappa shape index (κ1) is 17.4. The fraction of sp³-hybridized carbons (Fsp3) is 0.150. The smallest absolute Gasteiger partial charge is 0.351 e. The van der Waals surface area contributed by atoms with E-state index in [1.807, 2.05) is 32.0 Å². The van der Waals surface area contributed by atoms with Crippen molar-refractivity contribution in [3.8, 4) is 0 Å². The molecule has 0 spiro atoms. The maximum atomic E-state index is 12.1. The normalized spacial score (nSPS) is 10.5. The molecule has 0 aliphatic heterocycles. The van der Waals surface area contributed by atoms with E-state index in [-0.39, 0.29) is 5.56 Å². The fourth-order valence-electron chi connectivity index (χ4n) is 2.60. The number of rotatable bonds is 4. The van der Waals surface area contributed by atoms with Crippen LogP contribution in [0.3, 0.4) is 0 Å². The summed E-state index contributed by atoms with van der Waals surface area (Å²) >= 11 is 0. The lowest BCUT2D eigenvalue weighted by Crippen LogP contribution is -2.24. The van der Waals surface area contributed by atoms with Gasteiger partial charge in [-0.25, -0.2) is 9.59 Å². The zero-order valence-corrected chi connectivity index (χ0v) is 14.4. The summed E-state index contributed by atoms with van der Waals surface area (Å²) < 4.78 is 10.1. The zero-order valence-electron chi connectivity index (χ0n) is 14.4. The Morgan fingerprint density at radius 1 is 1.04 bits per heavy atom. The quantitative estimate of drug-likeness (QED) is 0.576. The summed E-state index contributed by atoms with van der Waals surface area (Å²) in [5, 5.41) is 3.31. The van der Waals surface area contributed by atoms with Crippen LogP contribution in [0.1, 0.15) is 21.5 Å². The van der Waals surface area contributed by atoms with Gasteiger partial charge in [0, 0.05) is 11.1 Å². The lowest BCUT2D eigenvalue weighted by molar-refractivity contribution is -0.119. The molecule has 0 radical (unpaired) electrons. The van der Waals surface area contributed by atoms with Crippen LogP contribution >= 0.6 is 0 Å². The van der Waals surface area contributed by atoms with Gasteiger partial charge in [0.15, 0.2) is 6.61 Å². The molecule has 3 aromatic rings. The van der Waals surface area contributed by atoms with Crippen LogP contribution in [0.4, 0.5) is 5.69 Å². The number of carbonyl (C=O) groups excluding carboxylic acids is 2.